The van der Waals surface area contributed by atoms with Crippen LogP contribution in [0.25, 0.3) is 0 Å². The van der Waals surface area contributed by atoms with Gasteiger partial charge in [-0.2, -0.15) is 0 Å². The van der Waals surface area contributed by atoms with Gasteiger partial charge in [0.1, 0.15) is 0 Å². The lowest BCUT2D eigenvalue weighted by molar-refractivity contribution is -0.124. The molecule has 3 heteroatoms. The number of amides is 1. The second kappa shape index (κ2) is 6.17. The first-order chi connectivity index (χ1) is 7.24. The molecule has 0 spiro atoms. The van der Waals surface area contributed by atoms with E-state index in [0.29, 0.717) is 6.54 Å². The number of carbonyl (C=O) groups excluding carboxylic acids is 1. The molecule has 1 heterocycles. The molecule has 0 bridgehead atoms. The van der Waals surface area contributed by atoms with Crippen molar-refractivity contribution < 1.29 is 4.79 Å². The largest absolute Gasteiger partial charge is 0.350 e. The highest BCUT2D eigenvalue weighted by Gasteiger charge is 2.10. The molecule has 1 N–H and O–H groups in total. The minimum atomic E-state index is 0.0960. The van der Waals surface area contributed by atoms with Gasteiger partial charge in [0, 0.05) is 12.1 Å². The quantitative estimate of drug-likeness (QED) is 0.802. The van der Waals surface area contributed by atoms with Crippen molar-refractivity contribution in [3.63, 3.8) is 0 Å². The Labute approximate surface area is 90.9 Å². The first kappa shape index (κ1) is 11.7. The van der Waals surface area contributed by atoms with Gasteiger partial charge in [-0.15, -0.1) is 0 Å². The minimum Gasteiger partial charge on any atom is -0.350 e. The fourth-order valence-electron chi connectivity index (χ4n) is 1.42. The second-order valence-electron chi connectivity index (χ2n) is 3.73. The molecule has 15 heavy (non-hydrogen) atoms. The molecule has 3 nitrogen and oxygen atoms in total. The van der Waals surface area contributed by atoms with Crippen LogP contribution in [0.2, 0.25) is 0 Å². The first-order valence-corrected chi connectivity index (χ1v) is 5.41. The van der Waals surface area contributed by atoms with Crippen LogP contribution in [-0.4, -0.2) is 10.9 Å². The van der Waals surface area contributed by atoms with Crippen LogP contribution in [0.1, 0.15) is 32.4 Å². The fourth-order valence-corrected chi connectivity index (χ4v) is 1.42. The third kappa shape index (κ3) is 4.11. The molecular weight excluding hydrogens is 188 g/mol. The molecule has 1 rings (SSSR count). The summed E-state index contributed by atoms with van der Waals surface area (Å²) in [5.41, 5.74) is 0.898. The molecule has 0 saturated heterocycles. The second-order valence-corrected chi connectivity index (χ2v) is 3.73. The molecule has 0 fully saturated rings. The van der Waals surface area contributed by atoms with Crippen molar-refractivity contribution in [1.82, 2.24) is 10.3 Å². The van der Waals surface area contributed by atoms with Gasteiger partial charge < -0.3 is 5.32 Å². The molecule has 0 aliphatic heterocycles. The van der Waals surface area contributed by atoms with E-state index in [1.165, 1.54) is 0 Å². The van der Waals surface area contributed by atoms with Crippen LogP contribution < -0.4 is 5.32 Å². The highest BCUT2D eigenvalue weighted by Crippen LogP contribution is 2.04. The van der Waals surface area contributed by atoms with Gasteiger partial charge in [0.25, 0.3) is 0 Å². The van der Waals surface area contributed by atoms with E-state index in [-0.39, 0.29) is 11.8 Å². The van der Waals surface area contributed by atoms with Crippen LogP contribution in [0.3, 0.4) is 0 Å². The molecule has 1 atom stereocenters. The average Bonchev–Trinajstić information content (AvgIpc) is 2.27. The number of nitrogens with zero attached hydrogens (tertiary/aromatic N) is 1. The van der Waals surface area contributed by atoms with Gasteiger partial charge in [-0.1, -0.05) is 26.3 Å². The summed E-state index contributed by atoms with van der Waals surface area (Å²) in [4.78, 5) is 15.7. The van der Waals surface area contributed by atoms with E-state index < -0.39 is 0 Å². The van der Waals surface area contributed by atoms with E-state index in [1.54, 1.807) is 6.20 Å². The summed E-state index contributed by atoms with van der Waals surface area (Å²) in [5, 5.41) is 2.88. The summed E-state index contributed by atoms with van der Waals surface area (Å²) in [7, 11) is 0. The summed E-state index contributed by atoms with van der Waals surface area (Å²) in [5.74, 6) is 0.209. The van der Waals surface area contributed by atoms with E-state index in [2.05, 4.69) is 17.2 Å². The van der Waals surface area contributed by atoms with Crippen molar-refractivity contribution in [1.29, 1.82) is 0 Å². The van der Waals surface area contributed by atoms with Crippen LogP contribution in [0.4, 0.5) is 0 Å². The number of aromatic nitrogens is 1. The smallest absolute Gasteiger partial charge is 0.223 e. The first-order valence-electron chi connectivity index (χ1n) is 5.41. The minimum absolute atomic E-state index is 0.0960. The molecule has 1 amide bonds. The number of hydrogen-bond donors (Lipinski definition) is 1. The molecule has 0 aromatic carbocycles. The SMILES string of the molecule is CCC[C@H](C)C(=O)NCc1ccccn1. The molecule has 1 aromatic rings. The monoisotopic (exact) mass is 206 g/mol. The average molecular weight is 206 g/mol. The molecule has 0 aliphatic rings. The Balaban J connectivity index is 2.34. The van der Waals surface area contributed by atoms with Crippen molar-refractivity contribution in [3.05, 3.63) is 30.1 Å². The van der Waals surface area contributed by atoms with Gasteiger partial charge in [0.2, 0.25) is 5.91 Å². The maximum Gasteiger partial charge on any atom is 0.223 e. The Morgan fingerprint density at radius 1 is 1.53 bits per heavy atom. The van der Waals surface area contributed by atoms with Crippen molar-refractivity contribution >= 4 is 5.91 Å². The molecule has 0 saturated carbocycles. The van der Waals surface area contributed by atoms with Crippen molar-refractivity contribution in [2.75, 3.05) is 0 Å². The predicted octanol–water partition coefficient (Wildman–Crippen LogP) is 2.13. The zero-order chi connectivity index (χ0) is 11.1. The van der Waals surface area contributed by atoms with Gasteiger partial charge in [-0.3, -0.25) is 9.78 Å². The topological polar surface area (TPSA) is 42.0 Å². The molecule has 0 aliphatic carbocycles. The Morgan fingerprint density at radius 2 is 2.33 bits per heavy atom. The van der Waals surface area contributed by atoms with E-state index in [9.17, 15) is 4.79 Å². The number of pyridine rings is 1. The highest BCUT2D eigenvalue weighted by atomic mass is 16.1. The maximum absolute atomic E-state index is 11.6. The third-order valence-corrected chi connectivity index (χ3v) is 2.34. The molecule has 0 unspecified atom stereocenters. The molecular formula is C12H18N2O. The van der Waals surface area contributed by atoms with Crippen LogP contribution in [0.5, 0.6) is 0 Å². The zero-order valence-electron chi connectivity index (χ0n) is 9.36. The van der Waals surface area contributed by atoms with Crippen molar-refractivity contribution in [2.45, 2.75) is 33.2 Å². The Kier molecular flexibility index (Phi) is 4.81. The predicted molar refractivity (Wildman–Crippen MR) is 60.2 cm³/mol. The lowest BCUT2D eigenvalue weighted by atomic mass is 10.1. The summed E-state index contributed by atoms with van der Waals surface area (Å²) < 4.78 is 0. The van der Waals surface area contributed by atoms with E-state index >= 15 is 0 Å². The molecule has 0 radical (unpaired) electrons. The third-order valence-electron chi connectivity index (χ3n) is 2.34. The normalized spacial score (nSPS) is 12.1. The number of nitrogens with one attached hydrogen (secondary N) is 1. The lowest BCUT2D eigenvalue weighted by Crippen LogP contribution is -2.28. The number of carbonyl (C=O) groups is 1. The van der Waals surface area contributed by atoms with E-state index in [0.717, 1.165) is 18.5 Å². The van der Waals surface area contributed by atoms with Gasteiger partial charge in [-0.25, -0.2) is 0 Å². The Bertz CT molecular complexity index is 298. The van der Waals surface area contributed by atoms with Gasteiger partial charge >= 0.3 is 0 Å². The summed E-state index contributed by atoms with van der Waals surface area (Å²) >= 11 is 0. The standard InChI is InChI=1S/C12H18N2O/c1-3-6-10(2)12(15)14-9-11-7-4-5-8-13-11/h4-5,7-8,10H,3,6,9H2,1-2H3,(H,14,15)/t10-/m0/s1. The van der Waals surface area contributed by atoms with Crippen molar-refractivity contribution in [2.24, 2.45) is 5.92 Å². The zero-order valence-corrected chi connectivity index (χ0v) is 9.36. The van der Waals surface area contributed by atoms with E-state index in [1.807, 2.05) is 25.1 Å². The van der Waals surface area contributed by atoms with Crippen LogP contribution in [-0.2, 0) is 11.3 Å². The van der Waals surface area contributed by atoms with Gasteiger partial charge in [0.15, 0.2) is 0 Å². The van der Waals surface area contributed by atoms with Crippen LogP contribution in [0, 0.1) is 5.92 Å². The van der Waals surface area contributed by atoms with E-state index in [4.69, 9.17) is 0 Å². The molecule has 1 aromatic heterocycles. The van der Waals surface area contributed by atoms with Gasteiger partial charge in [0.05, 0.1) is 12.2 Å². The van der Waals surface area contributed by atoms with Crippen LogP contribution >= 0.6 is 0 Å². The Morgan fingerprint density at radius 3 is 2.93 bits per heavy atom. The summed E-state index contributed by atoms with van der Waals surface area (Å²) in [6.45, 7) is 4.56. The molecule has 82 valence electrons. The summed E-state index contributed by atoms with van der Waals surface area (Å²) in [6, 6.07) is 5.69. The summed E-state index contributed by atoms with van der Waals surface area (Å²) in [6.07, 6.45) is 3.71. The lowest BCUT2D eigenvalue weighted by Gasteiger charge is -2.10. The Hall–Kier alpha value is -1.38. The number of hydrogen-bond acceptors (Lipinski definition) is 2. The number of rotatable bonds is 5. The van der Waals surface area contributed by atoms with Crippen LogP contribution in [0.15, 0.2) is 24.4 Å². The fraction of sp³-hybridized carbons (Fsp3) is 0.500. The highest BCUT2D eigenvalue weighted by molar-refractivity contribution is 5.78. The van der Waals surface area contributed by atoms with Crippen molar-refractivity contribution in [3.8, 4) is 0 Å². The maximum atomic E-state index is 11.6. The van der Waals surface area contributed by atoms with Gasteiger partial charge in [-0.05, 0) is 18.6 Å².